The van der Waals surface area contributed by atoms with E-state index in [2.05, 4.69) is 45.9 Å². The Morgan fingerprint density at radius 3 is 2.76 bits per heavy atom. The molecule has 1 aromatic carbocycles. The van der Waals surface area contributed by atoms with Gasteiger partial charge < -0.3 is 4.74 Å². The lowest BCUT2D eigenvalue weighted by Gasteiger charge is -2.50. The van der Waals surface area contributed by atoms with Crippen molar-refractivity contribution in [2.24, 2.45) is 22.7 Å². The fourth-order valence-electron chi connectivity index (χ4n) is 7.14. The highest BCUT2D eigenvalue weighted by Crippen LogP contribution is 2.95. The smallest absolute Gasteiger partial charge is 0.123 e. The summed E-state index contributed by atoms with van der Waals surface area (Å²) in [6.07, 6.45) is 5.00. The van der Waals surface area contributed by atoms with Crippen LogP contribution in [0.5, 0.6) is 5.75 Å². The second-order valence-electron chi connectivity index (χ2n) is 8.66. The van der Waals surface area contributed by atoms with E-state index in [-0.39, 0.29) is 5.60 Å². The van der Waals surface area contributed by atoms with Gasteiger partial charge in [0.25, 0.3) is 0 Å². The topological polar surface area (TPSA) is 9.23 Å². The molecule has 1 heterocycles. The summed E-state index contributed by atoms with van der Waals surface area (Å²) in [5.41, 5.74) is 4.10. The molecule has 0 amide bonds. The maximum Gasteiger partial charge on any atom is 0.123 e. The number of ether oxygens (including phenoxy) is 1. The monoisotopic (exact) mass is 282 g/mol. The highest BCUT2D eigenvalue weighted by Gasteiger charge is 2.91. The van der Waals surface area contributed by atoms with Crippen molar-refractivity contribution >= 4 is 0 Å². The maximum atomic E-state index is 6.68. The van der Waals surface area contributed by atoms with Crippen LogP contribution >= 0.6 is 0 Å². The molecule has 0 spiro atoms. The summed E-state index contributed by atoms with van der Waals surface area (Å²) in [5, 5.41) is 0. The maximum absolute atomic E-state index is 6.68. The van der Waals surface area contributed by atoms with Gasteiger partial charge in [-0.1, -0.05) is 39.3 Å². The molecule has 6 atom stereocenters. The van der Waals surface area contributed by atoms with Crippen LogP contribution in [0.1, 0.15) is 64.0 Å². The third-order valence-corrected chi connectivity index (χ3v) is 7.98. The standard InChI is InChI=1S/C20H26O/c1-5-6-12-7-8-13-15(11-12)21-18(2)10-9-14-17(18)20(4)16(13)19(14,20)3/h7-8,11,14,16-17H,5-6,9-10H2,1-4H3. The zero-order valence-corrected chi connectivity index (χ0v) is 13.7. The summed E-state index contributed by atoms with van der Waals surface area (Å²) in [6, 6.07) is 7.09. The van der Waals surface area contributed by atoms with Gasteiger partial charge in [0.15, 0.2) is 0 Å². The molecular weight excluding hydrogens is 256 g/mol. The van der Waals surface area contributed by atoms with Crippen molar-refractivity contribution in [1.29, 1.82) is 0 Å². The predicted molar refractivity (Wildman–Crippen MR) is 84.6 cm³/mol. The fourth-order valence-corrected chi connectivity index (χ4v) is 7.14. The molecule has 0 N–H and O–H groups in total. The summed E-state index contributed by atoms with van der Waals surface area (Å²) < 4.78 is 6.68. The van der Waals surface area contributed by atoms with E-state index < -0.39 is 0 Å². The van der Waals surface area contributed by atoms with Crippen LogP contribution in [-0.2, 0) is 6.42 Å². The summed E-state index contributed by atoms with van der Waals surface area (Å²) in [4.78, 5) is 0. The Kier molecular flexibility index (Phi) is 1.99. The van der Waals surface area contributed by atoms with Crippen LogP contribution in [0.15, 0.2) is 18.2 Å². The zero-order valence-electron chi connectivity index (χ0n) is 13.7. The fraction of sp³-hybridized carbons (Fsp3) is 0.700. The van der Waals surface area contributed by atoms with E-state index in [0.717, 1.165) is 17.8 Å². The molecule has 1 aliphatic heterocycles. The van der Waals surface area contributed by atoms with Crippen LogP contribution in [0.4, 0.5) is 0 Å². The van der Waals surface area contributed by atoms with Crippen LogP contribution in [0.3, 0.4) is 0 Å². The van der Waals surface area contributed by atoms with E-state index >= 15 is 0 Å². The Hall–Kier alpha value is -0.980. The van der Waals surface area contributed by atoms with Gasteiger partial charge in [-0.25, -0.2) is 0 Å². The molecule has 4 aliphatic rings. The van der Waals surface area contributed by atoms with Gasteiger partial charge in [0.2, 0.25) is 0 Å². The highest BCUT2D eigenvalue weighted by atomic mass is 16.5. The van der Waals surface area contributed by atoms with Crippen molar-refractivity contribution in [3.8, 4) is 5.75 Å². The Balaban J connectivity index is 1.69. The molecule has 1 heteroatoms. The summed E-state index contributed by atoms with van der Waals surface area (Å²) >= 11 is 0. The molecule has 3 aliphatic carbocycles. The third-order valence-electron chi connectivity index (χ3n) is 7.98. The number of hydrogen-bond donors (Lipinski definition) is 0. The molecule has 112 valence electrons. The van der Waals surface area contributed by atoms with Gasteiger partial charge in [-0.2, -0.15) is 0 Å². The molecule has 5 rings (SSSR count). The molecule has 3 saturated carbocycles. The normalized spacial score (nSPS) is 51.3. The number of aryl methyl sites for hydroxylation is 1. The number of rotatable bonds is 2. The van der Waals surface area contributed by atoms with Crippen LogP contribution in [0.25, 0.3) is 0 Å². The van der Waals surface area contributed by atoms with Crippen LogP contribution in [-0.4, -0.2) is 5.60 Å². The minimum absolute atomic E-state index is 0.0871. The van der Waals surface area contributed by atoms with Crippen molar-refractivity contribution in [2.75, 3.05) is 0 Å². The van der Waals surface area contributed by atoms with Gasteiger partial charge in [0.1, 0.15) is 11.4 Å². The predicted octanol–water partition coefficient (Wildman–Crippen LogP) is 4.94. The first-order chi connectivity index (χ1) is 9.97. The molecule has 1 nitrogen and oxygen atoms in total. The van der Waals surface area contributed by atoms with Crippen LogP contribution < -0.4 is 4.74 Å². The summed E-state index contributed by atoms with van der Waals surface area (Å²) in [7, 11) is 0. The van der Waals surface area contributed by atoms with Gasteiger partial charge in [0, 0.05) is 11.8 Å². The van der Waals surface area contributed by atoms with Crippen molar-refractivity contribution in [2.45, 2.75) is 64.9 Å². The third kappa shape index (κ3) is 1.09. The van der Waals surface area contributed by atoms with Gasteiger partial charge >= 0.3 is 0 Å². The second-order valence-corrected chi connectivity index (χ2v) is 8.66. The first-order valence-electron chi connectivity index (χ1n) is 8.78. The van der Waals surface area contributed by atoms with Gasteiger partial charge in [0.05, 0.1) is 0 Å². The Labute approximate surface area is 128 Å². The van der Waals surface area contributed by atoms with E-state index in [1.54, 1.807) is 0 Å². The summed E-state index contributed by atoms with van der Waals surface area (Å²) in [5.74, 6) is 3.64. The summed E-state index contributed by atoms with van der Waals surface area (Å²) in [6.45, 7) is 9.74. The Bertz CT molecular complexity index is 649. The number of benzene rings is 1. The van der Waals surface area contributed by atoms with Crippen molar-refractivity contribution in [1.82, 2.24) is 0 Å². The minimum Gasteiger partial charge on any atom is -0.487 e. The molecule has 6 unspecified atom stereocenters. The van der Waals surface area contributed by atoms with E-state index in [1.165, 1.54) is 42.6 Å². The van der Waals surface area contributed by atoms with Gasteiger partial charge in [-0.05, 0) is 60.1 Å². The van der Waals surface area contributed by atoms with Crippen molar-refractivity contribution < 1.29 is 4.74 Å². The first kappa shape index (κ1) is 12.6. The molecule has 0 radical (unpaired) electrons. The van der Waals surface area contributed by atoms with Crippen LogP contribution in [0, 0.1) is 22.7 Å². The lowest BCUT2D eigenvalue weighted by Crippen LogP contribution is -2.52. The second kappa shape index (κ2) is 3.34. The Morgan fingerprint density at radius 2 is 2.00 bits per heavy atom. The molecule has 1 aromatic rings. The molecular formula is C20H26O. The minimum atomic E-state index is 0.0871. The molecule has 0 saturated heterocycles. The zero-order chi connectivity index (χ0) is 14.6. The largest absolute Gasteiger partial charge is 0.487 e. The van der Waals surface area contributed by atoms with E-state index in [0.29, 0.717) is 10.8 Å². The van der Waals surface area contributed by atoms with Crippen molar-refractivity contribution in [3.63, 3.8) is 0 Å². The average Bonchev–Trinajstić information content (AvgIpc) is 2.73. The SMILES string of the molecule is CCCc1ccc2c(c1)OC1(C)CCC3C1C1(C)C2C31C. The van der Waals surface area contributed by atoms with Gasteiger partial charge in [-0.15, -0.1) is 0 Å². The van der Waals surface area contributed by atoms with E-state index in [9.17, 15) is 0 Å². The average molecular weight is 282 g/mol. The molecule has 0 aromatic heterocycles. The molecule has 0 bridgehead atoms. The highest BCUT2D eigenvalue weighted by molar-refractivity contribution is 5.55. The number of hydrogen-bond acceptors (Lipinski definition) is 1. The van der Waals surface area contributed by atoms with E-state index in [1.807, 2.05) is 0 Å². The van der Waals surface area contributed by atoms with E-state index in [4.69, 9.17) is 4.74 Å². The molecule has 3 fully saturated rings. The quantitative estimate of drug-likeness (QED) is 0.746. The Morgan fingerprint density at radius 1 is 1.19 bits per heavy atom. The lowest BCUT2D eigenvalue weighted by atomic mass is 9.57. The molecule has 21 heavy (non-hydrogen) atoms. The van der Waals surface area contributed by atoms with Crippen LogP contribution in [0.2, 0.25) is 0 Å². The first-order valence-corrected chi connectivity index (χ1v) is 8.78. The lowest BCUT2D eigenvalue weighted by molar-refractivity contribution is -0.0777. The van der Waals surface area contributed by atoms with Gasteiger partial charge in [-0.3, -0.25) is 0 Å². The number of fused-ring (bicyclic) bond motifs is 4. The van der Waals surface area contributed by atoms with Crippen molar-refractivity contribution in [3.05, 3.63) is 29.3 Å².